The molecule has 7 nitrogen and oxygen atoms in total. The molecule has 1 aromatic carbocycles. The summed E-state index contributed by atoms with van der Waals surface area (Å²) in [5.74, 6) is 0. The fourth-order valence-electron chi connectivity index (χ4n) is 2.33. The molecule has 0 atom stereocenters. The van der Waals surface area contributed by atoms with E-state index in [-0.39, 0.29) is 20.1 Å². The van der Waals surface area contributed by atoms with Crippen molar-refractivity contribution in [2.75, 3.05) is 0 Å². The van der Waals surface area contributed by atoms with Gasteiger partial charge in [0.1, 0.15) is 0 Å². The molecule has 5 aromatic rings. The van der Waals surface area contributed by atoms with E-state index < -0.39 is 0 Å². The fraction of sp³-hybridized carbons (Fsp3) is 0. The SMILES string of the molecule is [Ir].[c-]1ccccc1-n1cccn1.c1ccc(-c2[n-]nc3nccnc23)nc1. The zero-order valence-corrected chi connectivity index (χ0v) is 16.4. The van der Waals surface area contributed by atoms with Crippen LogP contribution in [0, 0.1) is 6.07 Å². The van der Waals surface area contributed by atoms with E-state index >= 15 is 0 Å². The monoisotopic (exact) mass is 532 g/mol. The van der Waals surface area contributed by atoms with Crippen LogP contribution in [0.1, 0.15) is 0 Å². The van der Waals surface area contributed by atoms with Crippen molar-refractivity contribution in [2.24, 2.45) is 0 Å². The number of aromatic nitrogens is 7. The molecule has 0 aliphatic heterocycles. The van der Waals surface area contributed by atoms with Gasteiger partial charge in [-0.3, -0.25) is 14.6 Å². The van der Waals surface area contributed by atoms with E-state index in [0.717, 1.165) is 11.4 Å². The summed E-state index contributed by atoms with van der Waals surface area (Å²) in [7, 11) is 0. The first kappa shape index (κ1) is 18.6. The molecular weight excluding hydrogens is 518 g/mol. The van der Waals surface area contributed by atoms with E-state index in [9.17, 15) is 0 Å². The van der Waals surface area contributed by atoms with E-state index in [0.29, 0.717) is 16.9 Å². The van der Waals surface area contributed by atoms with Gasteiger partial charge in [-0.1, -0.05) is 11.8 Å². The Morgan fingerprint density at radius 1 is 0.852 bits per heavy atom. The molecule has 0 unspecified atom stereocenters. The van der Waals surface area contributed by atoms with Crippen LogP contribution in [0.5, 0.6) is 0 Å². The smallest absolute Gasteiger partial charge is 0.158 e. The molecule has 1 radical (unpaired) electrons. The van der Waals surface area contributed by atoms with Gasteiger partial charge in [-0.25, -0.2) is 4.98 Å². The number of hydrogen-bond acceptors (Lipinski definition) is 5. The molecule has 0 aliphatic carbocycles. The van der Waals surface area contributed by atoms with Crippen LogP contribution < -0.4 is 5.10 Å². The van der Waals surface area contributed by atoms with Gasteiger partial charge in [-0.05, 0) is 23.9 Å². The quantitative estimate of drug-likeness (QED) is 0.326. The summed E-state index contributed by atoms with van der Waals surface area (Å²) in [6.45, 7) is 0. The van der Waals surface area contributed by atoms with Crippen molar-refractivity contribution in [1.29, 1.82) is 0 Å². The Hall–Kier alpha value is -3.22. The maximum absolute atomic E-state index is 4.20. The van der Waals surface area contributed by atoms with E-state index in [4.69, 9.17) is 0 Å². The Kier molecular flexibility index (Phi) is 6.14. The van der Waals surface area contributed by atoms with Gasteiger partial charge in [0, 0.05) is 51.1 Å². The minimum atomic E-state index is 0. The number of rotatable bonds is 2. The Labute approximate surface area is 168 Å². The average molecular weight is 532 g/mol. The minimum absolute atomic E-state index is 0. The van der Waals surface area contributed by atoms with Crippen LogP contribution in [0.3, 0.4) is 0 Å². The molecule has 0 aliphatic rings. The molecular formula is C19H13IrN7-2. The average Bonchev–Trinajstić information content (AvgIpc) is 3.40. The summed E-state index contributed by atoms with van der Waals surface area (Å²) in [4.78, 5) is 12.5. The maximum Gasteiger partial charge on any atom is 0.158 e. The third-order valence-electron chi connectivity index (χ3n) is 3.50. The molecule has 0 saturated carbocycles. The Balaban J connectivity index is 0.000000157. The van der Waals surface area contributed by atoms with Crippen molar-refractivity contribution < 1.29 is 20.1 Å². The minimum Gasteiger partial charge on any atom is -0.570 e. The molecule has 0 saturated heterocycles. The van der Waals surface area contributed by atoms with Gasteiger partial charge in [-0.15, -0.1) is 6.07 Å². The molecule has 0 amide bonds. The van der Waals surface area contributed by atoms with Crippen molar-refractivity contribution in [2.45, 2.75) is 0 Å². The number of pyridine rings is 1. The first-order valence-electron chi connectivity index (χ1n) is 7.90. The van der Waals surface area contributed by atoms with E-state index in [2.05, 4.69) is 36.3 Å². The van der Waals surface area contributed by atoms with Crippen molar-refractivity contribution in [3.05, 3.63) is 85.6 Å². The zero-order chi connectivity index (χ0) is 17.6. The second-order valence-corrected chi connectivity index (χ2v) is 5.19. The van der Waals surface area contributed by atoms with E-state index in [1.54, 1.807) is 29.5 Å². The van der Waals surface area contributed by atoms with Crippen LogP contribution in [-0.2, 0) is 20.1 Å². The zero-order valence-electron chi connectivity index (χ0n) is 14.0. The molecule has 4 heterocycles. The maximum atomic E-state index is 4.20. The van der Waals surface area contributed by atoms with E-state index in [1.807, 2.05) is 54.7 Å². The molecule has 0 N–H and O–H groups in total. The van der Waals surface area contributed by atoms with E-state index in [1.165, 1.54) is 0 Å². The van der Waals surface area contributed by atoms with Crippen molar-refractivity contribution in [1.82, 2.24) is 34.9 Å². The predicted octanol–water partition coefficient (Wildman–Crippen LogP) is 2.71. The first-order chi connectivity index (χ1) is 12.9. The van der Waals surface area contributed by atoms with Crippen LogP contribution in [0.2, 0.25) is 0 Å². The van der Waals surface area contributed by atoms with Crippen LogP contribution in [-0.4, -0.2) is 29.8 Å². The van der Waals surface area contributed by atoms with Gasteiger partial charge in [0.15, 0.2) is 5.65 Å². The molecule has 4 aromatic heterocycles. The van der Waals surface area contributed by atoms with Gasteiger partial charge in [0.05, 0.1) is 11.2 Å². The fourth-order valence-corrected chi connectivity index (χ4v) is 2.33. The standard InChI is InChI=1S/C10H6N5.C9H7N2.Ir/c1-2-4-11-7(3-1)8-9-10(15-14-8)13-6-5-12-9;1-2-5-9(6-3-1)11-8-4-7-10-11;/h1-6H;1-5,7-8H;/q2*-1;. The molecule has 27 heavy (non-hydrogen) atoms. The number of fused-ring (bicyclic) bond motifs is 1. The van der Waals surface area contributed by atoms with Crippen LogP contribution >= 0.6 is 0 Å². The molecule has 5 rings (SSSR count). The molecule has 0 spiro atoms. The van der Waals surface area contributed by atoms with Crippen LogP contribution in [0.4, 0.5) is 0 Å². The van der Waals surface area contributed by atoms with Gasteiger partial charge in [0.2, 0.25) is 0 Å². The Morgan fingerprint density at radius 3 is 2.48 bits per heavy atom. The van der Waals surface area contributed by atoms with Crippen molar-refractivity contribution in [3.63, 3.8) is 0 Å². The van der Waals surface area contributed by atoms with Crippen molar-refractivity contribution >= 4 is 11.2 Å². The molecule has 135 valence electrons. The van der Waals surface area contributed by atoms with Crippen LogP contribution in [0.15, 0.2) is 79.5 Å². The summed E-state index contributed by atoms with van der Waals surface area (Å²) in [6.07, 6.45) is 8.58. The van der Waals surface area contributed by atoms with Gasteiger partial charge >= 0.3 is 0 Å². The molecule has 0 fully saturated rings. The summed E-state index contributed by atoms with van der Waals surface area (Å²) in [6, 6.07) is 18.3. The largest absolute Gasteiger partial charge is 0.570 e. The summed E-state index contributed by atoms with van der Waals surface area (Å²) >= 11 is 0. The second kappa shape index (κ2) is 8.93. The number of benzene rings is 1. The third-order valence-corrected chi connectivity index (χ3v) is 3.50. The number of nitrogens with zero attached hydrogens (tertiary/aromatic N) is 7. The van der Waals surface area contributed by atoms with Crippen LogP contribution in [0.25, 0.3) is 28.2 Å². The number of hydrogen-bond donors (Lipinski definition) is 0. The Bertz CT molecular complexity index is 1080. The third kappa shape index (κ3) is 4.31. The second-order valence-electron chi connectivity index (χ2n) is 5.19. The molecule has 8 heteroatoms. The van der Waals surface area contributed by atoms with Gasteiger partial charge in [0.25, 0.3) is 0 Å². The number of para-hydroxylation sites is 1. The summed E-state index contributed by atoms with van der Waals surface area (Å²) in [5.41, 5.74) is 3.66. The van der Waals surface area contributed by atoms with Crippen molar-refractivity contribution in [3.8, 4) is 17.1 Å². The molecule has 0 bridgehead atoms. The normalized spacial score (nSPS) is 9.93. The topological polar surface area (TPSA) is 83.5 Å². The van der Waals surface area contributed by atoms with Gasteiger partial charge < -0.3 is 10.2 Å². The first-order valence-corrected chi connectivity index (χ1v) is 7.90. The summed E-state index contributed by atoms with van der Waals surface area (Å²) < 4.78 is 1.78. The summed E-state index contributed by atoms with van der Waals surface area (Å²) in [5, 5.41) is 12.0. The van der Waals surface area contributed by atoms with Gasteiger partial charge in [-0.2, -0.15) is 29.4 Å². The predicted molar refractivity (Wildman–Crippen MR) is 96.3 cm³/mol. The Morgan fingerprint density at radius 2 is 1.74 bits per heavy atom.